The summed E-state index contributed by atoms with van der Waals surface area (Å²) >= 11 is 0. The van der Waals surface area contributed by atoms with Gasteiger partial charge in [0.25, 0.3) is 5.91 Å². The minimum absolute atomic E-state index is 0.0295. The summed E-state index contributed by atoms with van der Waals surface area (Å²) in [6.07, 6.45) is 1.74. The Morgan fingerprint density at radius 2 is 1.92 bits per heavy atom. The van der Waals surface area contributed by atoms with E-state index in [-0.39, 0.29) is 18.1 Å². The minimum atomic E-state index is -0.0338. The van der Waals surface area contributed by atoms with E-state index in [0.717, 1.165) is 11.4 Å². The van der Waals surface area contributed by atoms with E-state index in [9.17, 15) is 4.79 Å². The first kappa shape index (κ1) is 18.2. The number of carbonyl (C=O) groups is 1. The molecule has 26 heavy (non-hydrogen) atoms. The van der Waals surface area contributed by atoms with Gasteiger partial charge in [-0.05, 0) is 57.2 Å². The number of benzene rings is 1. The molecule has 1 fully saturated rings. The molecule has 3 rings (SSSR count). The molecule has 6 nitrogen and oxygen atoms in total. The Balaban J connectivity index is 1.78. The van der Waals surface area contributed by atoms with E-state index in [2.05, 4.69) is 10.3 Å². The van der Waals surface area contributed by atoms with Crippen LogP contribution in [-0.2, 0) is 4.74 Å². The molecule has 1 aliphatic heterocycles. The average molecular weight is 355 g/mol. The maximum Gasteiger partial charge on any atom is 0.257 e. The van der Waals surface area contributed by atoms with Crippen LogP contribution in [0.2, 0.25) is 0 Å². The fraction of sp³-hybridized carbons (Fsp3) is 0.400. The summed E-state index contributed by atoms with van der Waals surface area (Å²) in [6, 6.07) is 11.2. The van der Waals surface area contributed by atoms with Gasteiger partial charge in [0.1, 0.15) is 11.6 Å². The fourth-order valence-corrected chi connectivity index (χ4v) is 3.13. The molecule has 0 aliphatic carbocycles. The number of rotatable bonds is 5. The third-order valence-electron chi connectivity index (χ3n) is 4.17. The Kier molecular flexibility index (Phi) is 5.73. The van der Waals surface area contributed by atoms with Gasteiger partial charge >= 0.3 is 0 Å². The van der Waals surface area contributed by atoms with Crippen molar-refractivity contribution in [3.05, 3.63) is 48.2 Å². The van der Waals surface area contributed by atoms with E-state index >= 15 is 0 Å². The van der Waals surface area contributed by atoms with E-state index in [4.69, 9.17) is 9.47 Å². The number of amides is 1. The lowest BCUT2D eigenvalue weighted by molar-refractivity contribution is -0.0586. The van der Waals surface area contributed by atoms with Crippen LogP contribution in [0.25, 0.3) is 0 Å². The maximum absolute atomic E-state index is 13.0. The number of hydrogen-bond donors (Lipinski definition) is 1. The molecule has 138 valence electrons. The Morgan fingerprint density at radius 1 is 1.23 bits per heavy atom. The van der Waals surface area contributed by atoms with Gasteiger partial charge in [-0.3, -0.25) is 4.79 Å². The van der Waals surface area contributed by atoms with Crippen LogP contribution < -0.4 is 10.1 Å². The molecule has 2 heterocycles. The van der Waals surface area contributed by atoms with Gasteiger partial charge in [-0.1, -0.05) is 0 Å². The molecule has 2 atom stereocenters. The summed E-state index contributed by atoms with van der Waals surface area (Å²) in [5.74, 6) is 1.33. The predicted molar refractivity (Wildman–Crippen MR) is 101 cm³/mol. The molecule has 0 saturated carbocycles. The summed E-state index contributed by atoms with van der Waals surface area (Å²) in [6.45, 7) is 7.71. The molecule has 1 aliphatic rings. The lowest BCUT2D eigenvalue weighted by Gasteiger charge is -2.35. The Morgan fingerprint density at radius 3 is 2.58 bits per heavy atom. The molecule has 0 unspecified atom stereocenters. The van der Waals surface area contributed by atoms with Gasteiger partial charge in [-0.25, -0.2) is 4.98 Å². The van der Waals surface area contributed by atoms with Crippen molar-refractivity contribution < 1.29 is 14.3 Å². The quantitative estimate of drug-likeness (QED) is 0.890. The Hall–Kier alpha value is -2.60. The number of hydrogen-bond acceptors (Lipinski definition) is 5. The van der Waals surface area contributed by atoms with Crippen molar-refractivity contribution in [1.82, 2.24) is 9.88 Å². The maximum atomic E-state index is 13.0. The van der Waals surface area contributed by atoms with Crippen LogP contribution in [0.3, 0.4) is 0 Å². The normalized spacial score (nSPS) is 19.9. The van der Waals surface area contributed by atoms with E-state index in [1.165, 1.54) is 0 Å². The van der Waals surface area contributed by atoms with Crippen molar-refractivity contribution in [3.63, 3.8) is 0 Å². The summed E-state index contributed by atoms with van der Waals surface area (Å²) in [4.78, 5) is 19.2. The third kappa shape index (κ3) is 4.32. The van der Waals surface area contributed by atoms with E-state index < -0.39 is 0 Å². The first-order valence-corrected chi connectivity index (χ1v) is 8.96. The van der Waals surface area contributed by atoms with Crippen LogP contribution in [-0.4, -0.2) is 47.7 Å². The summed E-state index contributed by atoms with van der Waals surface area (Å²) in [7, 11) is 0. The van der Waals surface area contributed by atoms with Crippen molar-refractivity contribution in [2.45, 2.75) is 33.0 Å². The molecular formula is C20H25N3O3. The standard InChI is InChI=1S/C20H25N3O3/c1-4-25-17-9-7-16(8-10-17)22-19-18(6-5-11-21-19)20(24)23-12-14(2)26-15(3)13-23/h5-11,14-15H,4,12-13H2,1-3H3,(H,21,22)/t14-,15-/m0/s1. The van der Waals surface area contributed by atoms with Gasteiger partial charge in [0, 0.05) is 25.0 Å². The number of anilines is 2. The predicted octanol–water partition coefficient (Wildman–Crippen LogP) is 3.47. The average Bonchev–Trinajstić information content (AvgIpc) is 2.63. The number of nitrogens with one attached hydrogen (secondary N) is 1. The van der Waals surface area contributed by atoms with Crippen LogP contribution in [0.15, 0.2) is 42.6 Å². The zero-order valence-corrected chi connectivity index (χ0v) is 15.4. The molecule has 1 saturated heterocycles. The molecule has 2 aromatic rings. The highest BCUT2D eigenvalue weighted by atomic mass is 16.5. The first-order chi connectivity index (χ1) is 12.6. The number of morpholine rings is 1. The van der Waals surface area contributed by atoms with Gasteiger partial charge in [0.2, 0.25) is 0 Å². The second-order valence-corrected chi connectivity index (χ2v) is 6.45. The smallest absolute Gasteiger partial charge is 0.257 e. The number of aromatic nitrogens is 1. The fourth-order valence-electron chi connectivity index (χ4n) is 3.13. The SMILES string of the molecule is CCOc1ccc(Nc2ncccc2C(=O)N2C[C@H](C)O[C@@H](C)C2)cc1. The monoisotopic (exact) mass is 355 g/mol. The summed E-state index contributed by atoms with van der Waals surface area (Å²) in [5, 5.41) is 3.24. The van der Waals surface area contributed by atoms with Crippen molar-refractivity contribution in [1.29, 1.82) is 0 Å². The first-order valence-electron chi connectivity index (χ1n) is 8.96. The third-order valence-corrected chi connectivity index (χ3v) is 4.17. The van der Waals surface area contributed by atoms with Crippen LogP contribution in [0.5, 0.6) is 5.75 Å². The van der Waals surface area contributed by atoms with Crippen LogP contribution in [0.4, 0.5) is 11.5 Å². The Labute approximate surface area is 154 Å². The van der Waals surface area contributed by atoms with Gasteiger partial charge in [0.15, 0.2) is 0 Å². The largest absolute Gasteiger partial charge is 0.494 e. The molecular weight excluding hydrogens is 330 g/mol. The number of nitrogens with zero attached hydrogens (tertiary/aromatic N) is 2. The molecule has 1 amide bonds. The molecule has 1 aromatic heterocycles. The topological polar surface area (TPSA) is 63.7 Å². The van der Waals surface area contributed by atoms with Gasteiger partial charge in [-0.2, -0.15) is 0 Å². The highest BCUT2D eigenvalue weighted by Crippen LogP contribution is 2.23. The molecule has 6 heteroatoms. The van der Waals surface area contributed by atoms with Crippen molar-refractivity contribution in [3.8, 4) is 5.75 Å². The minimum Gasteiger partial charge on any atom is -0.494 e. The molecule has 1 N–H and O–H groups in total. The van der Waals surface area contributed by atoms with Gasteiger partial charge in [-0.15, -0.1) is 0 Å². The van der Waals surface area contributed by atoms with Gasteiger partial charge in [0.05, 0.1) is 24.4 Å². The van der Waals surface area contributed by atoms with Crippen molar-refractivity contribution in [2.24, 2.45) is 0 Å². The van der Waals surface area contributed by atoms with Gasteiger partial charge < -0.3 is 19.7 Å². The van der Waals surface area contributed by atoms with Crippen molar-refractivity contribution in [2.75, 3.05) is 25.0 Å². The van der Waals surface area contributed by atoms with Crippen LogP contribution in [0, 0.1) is 0 Å². The molecule has 1 aromatic carbocycles. The number of carbonyl (C=O) groups excluding carboxylic acids is 1. The van der Waals surface area contributed by atoms with Crippen LogP contribution >= 0.6 is 0 Å². The van der Waals surface area contributed by atoms with E-state index in [1.807, 2.05) is 49.9 Å². The Bertz CT molecular complexity index is 738. The number of pyridine rings is 1. The van der Waals surface area contributed by atoms with Crippen molar-refractivity contribution >= 4 is 17.4 Å². The summed E-state index contributed by atoms with van der Waals surface area (Å²) in [5.41, 5.74) is 1.41. The highest BCUT2D eigenvalue weighted by Gasteiger charge is 2.28. The second kappa shape index (κ2) is 8.19. The van der Waals surface area contributed by atoms with E-state index in [0.29, 0.717) is 31.1 Å². The number of ether oxygens (including phenoxy) is 2. The molecule has 0 bridgehead atoms. The zero-order valence-electron chi connectivity index (χ0n) is 15.4. The molecule has 0 radical (unpaired) electrons. The van der Waals surface area contributed by atoms with E-state index in [1.54, 1.807) is 18.3 Å². The summed E-state index contributed by atoms with van der Waals surface area (Å²) < 4.78 is 11.2. The lowest BCUT2D eigenvalue weighted by Crippen LogP contribution is -2.48. The second-order valence-electron chi connectivity index (χ2n) is 6.45. The lowest BCUT2D eigenvalue weighted by atomic mass is 10.1. The highest BCUT2D eigenvalue weighted by molar-refractivity contribution is 5.99. The zero-order chi connectivity index (χ0) is 18.5. The van der Waals surface area contributed by atoms with Crippen LogP contribution in [0.1, 0.15) is 31.1 Å². The molecule has 0 spiro atoms.